The molecule has 0 aliphatic carbocycles. The maximum Gasteiger partial charge on any atom is 0.343 e. The number of hydrogen-bond donors (Lipinski definition) is 0. The lowest BCUT2D eigenvalue weighted by Gasteiger charge is -2.04. The average molecular weight is 389 g/mol. The third-order valence-electron chi connectivity index (χ3n) is 3.93. The van der Waals surface area contributed by atoms with Crippen molar-refractivity contribution in [2.45, 2.75) is 20.5 Å². The fourth-order valence-corrected chi connectivity index (χ4v) is 2.96. The van der Waals surface area contributed by atoms with Crippen LogP contribution in [-0.2, 0) is 16.1 Å². The van der Waals surface area contributed by atoms with Gasteiger partial charge in [0.05, 0.1) is 18.5 Å². The summed E-state index contributed by atoms with van der Waals surface area (Å²) in [6, 6.07) is 10.7. The Morgan fingerprint density at radius 3 is 2.56 bits per heavy atom. The van der Waals surface area contributed by atoms with Gasteiger partial charge in [-0.1, -0.05) is 29.8 Å². The largest absolute Gasteiger partial charge is 0.465 e. The monoisotopic (exact) mass is 388 g/mol. The van der Waals surface area contributed by atoms with E-state index in [9.17, 15) is 9.59 Å². The lowest BCUT2D eigenvalue weighted by molar-refractivity contribution is 0.0443. The van der Waals surface area contributed by atoms with E-state index in [1.165, 1.54) is 17.9 Å². The number of aromatic nitrogens is 2. The Morgan fingerprint density at radius 2 is 1.89 bits per heavy atom. The fourth-order valence-electron chi connectivity index (χ4n) is 2.61. The number of nitrogens with zero attached hydrogens (tertiary/aromatic N) is 2. The number of benzene rings is 1. The average Bonchev–Trinajstić information content (AvgIpc) is 3.19. The van der Waals surface area contributed by atoms with Crippen molar-refractivity contribution in [1.29, 1.82) is 0 Å². The topological polar surface area (TPSA) is 83.6 Å². The van der Waals surface area contributed by atoms with Gasteiger partial charge in [-0.15, -0.1) is 0 Å². The third-order valence-corrected chi connectivity index (χ3v) is 4.28. The lowest BCUT2D eigenvalue weighted by Crippen LogP contribution is -2.06. The number of rotatable bonds is 5. The zero-order valence-electron chi connectivity index (χ0n) is 15.0. The van der Waals surface area contributed by atoms with E-state index in [2.05, 4.69) is 9.84 Å². The SMILES string of the molecule is COC(=O)c1cc(COC(=O)c2c(C)nn(-c3ccccc3)c2Cl)oc1C. The van der Waals surface area contributed by atoms with Crippen LogP contribution in [0.5, 0.6) is 0 Å². The summed E-state index contributed by atoms with van der Waals surface area (Å²) >= 11 is 6.35. The zero-order valence-corrected chi connectivity index (χ0v) is 15.7. The van der Waals surface area contributed by atoms with Crippen LogP contribution in [0.3, 0.4) is 0 Å². The molecular formula is C19H17ClN2O5. The van der Waals surface area contributed by atoms with Crippen molar-refractivity contribution >= 4 is 23.5 Å². The number of para-hydroxylation sites is 1. The van der Waals surface area contributed by atoms with Crippen molar-refractivity contribution in [2.24, 2.45) is 0 Å². The second-order valence-electron chi connectivity index (χ2n) is 5.75. The molecule has 2 aromatic heterocycles. The smallest absolute Gasteiger partial charge is 0.343 e. The lowest BCUT2D eigenvalue weighted by atomic mass is 10.2. The first-order valence-electron chi connectivity index (χ1n) is 8.07. The minimum atomic E-state index is -0.631. The molecule has 27 heavy (non-hydrogen) atoms. The van der Waals surface area contributed by atoms with Gasteiger partial charge < -0.3 is 13.9 Å². The third kappa shape index (κ3) is 3.73. The highest BCUT2D eigenvalue weighted by molar-refractivity contribution is 6.33. The Morgan fingerprint density at radius 1 is 1.19 bits per heavy atom. The van der Waals surface area contributed by atoms with Gasteiger partial charge in [0.25, 0.3) is 0 Å². The van der Waals surface area contributed by atoms with E-state index in [0.29, 0.717) is 17.2 Å². The molecule has 1 aromatic carbocycles. The molecule has 0 saturated carbocycles. The summed E-state index contributed by atoms with van der Waals surface area (Å²) in [7, 11) is 1.28. The predicted octanol–water partition coefficient (Wildman–Crippen LogP) is 3.88. The van der Waals surface area contributed by atoms with Gasteiger partial charge in [0.1, 0.15) is 34.4 Å². The number of ether oxygens (including phenoxy) is 2. The van der Waals surface area contributed by atoms with E-state index in [1.54, 1.807) is 13.8 Å². The van der Waals surface area contributed by atoms with Crippen molar-refractivity contribution in [3.63, 3.8) is 0 Å². The predicted molar refractivity (Wildman–Crippen MR) is 97.2 cm³/mol. The molecule has 0 radical (unpaired) electrons. The van der Waals surface area contributed by atoms with E-state index in [4.69, 9.17) is 20.8 Å². The molecule has 0 N–H and O–H groups in total. The molecule has 7 nitrogen and oxygen atoms in total. The summed E-state index contributed by atoms with van der Waals surface area (Å²) in [6.45, 7) is 3.15. The molecule has 3 rings (SSSR count). The molecule has 0 aliphatic rings. The number of furan rings is 1. The van der Waals surface area contributed by atoms with Crippen LogP contribution in [0, 0.1) is 13.8 Å². The molecule has 0 unspecified atom stereocenters. The van der Waals surface area contributed by atoms with Crippen LogP contribution in [0.4, 0.5) is 0 Å². The number of aryl methyl sites for hydroxylation is 2. The van der Waals surface area contributed by atoms with E-state index in [0.717, 1.165) is 5.69 Å². The molecule has 2 heterocycles. The first kappa shape index (κ1) is 18.7. The first-order chi connectivity index (χ1) is 12.9. The van der Waals surface area contributed by atoms with Crippen LogP contribution in [0.1, 0.15) is 37.9 Å². The Bertz CT molecular complexity index is 991. The van der Waals surface area contributed by atoms with Gasteiger partial charge in [-0.2, -0.15) is 5.10 Å². The minimum absolute atomic E-state index is 0.150. The van der Waals surface area contributed by atoms with E-state index < -0.39 is 11.9 Å². The van der Waals surface area contributed by atoms with E-state index in [-0.39, 0.29) is 22.9 Å². The Kier molecular flexibility index (Phi) is 5.32. The van der Waals surface area contributed by atoms with Crippen molar-refractivity contribution in [2.75, 3.05) is 7.11 Å². The fraction of sp³-hybridized carbons (Fsp3) is 0.211. The standard InChI is InChI=1S/C19H17ClN2O5/c1-11-16(17(20)22(21-11)13-7-5-4-6-8-13)19(24)26-10-14-9-15(12(2)27-14)18(23)25-3/h4-9H,10H2,1-3H3. The van der Waals surface area contributed by atoms with Crippen molar-refractivity contribution in [3.05, 3.63) is 69.9 Å². The summed E-state index contributed by atoms with van der Waals surface area (Å²) in [4.78, 5) is 24.1. The van der Waals surface area contributed by atoms with Gasteiger partial charge in [0, 0.05) is 0 Å². The second kappa shape index (κ2) is 7.67. The van der Waals surface area contributed by atoms with Gasteiger partial charge in [-0.05, 0) is 32.0 Å². The van der Waals surface area contributed by atoms with Gasteiger partial charge in [-0.25, -0.2) is 14.3 Å². The van der Waals surface area contributed by atoms with Gasteiger partial charge in [0.15, 0.2) is 0 Å². The molecule has 0 fully saturated rings. The van der Waals surface area contributed by atoms with Crippen LogP contribution in [-0.4, -0.2) is 28.8 Å². The Hall–Kier alpha value is -3.06. The number of halogens is 1. The van der Waals surface area contributed by atoms with Crippen molar-refractivity contribution in [1.82, 2.24) is 9.78 Å². The maximum absolute atomic E-state index is 12.5. The van der Waals surface area contributed by atoms with Crippen LogP contribution >= 0.6 is 11.6 Å². The minimum Gasteiger partial charge on any atom is -0.465 e. The number of carbonyl (C=O) groups is 2. The molecule has 140 valence electrons. The summed E-state index contributed by atoms with van der Waals surface area (Å²) in [5.74, 6) is -0.435. The summed E-state index contributed by atoms with van der Waals surface area (Å²) in [5.41, 5.74) is 1.64. The van der Waals surface area contributed by atoms with Crippen molar-refractivity contribution in [3.8, 4) is 5.69 Å². The number of carbonyl (C=O) groups excluding carboxylic acids is 2. The van der Waals surface area contributed by atoms with E-state index in [1.807, 2.05) is 30.3 Å². The normalized spacial score (nSPS) is 10.7. The second-order valence-corrected chi connectivity index (χ2v) is 6.11. The number of methoxy groups -OCH3 is 1. The van der Waals surface area contributed by atoms with Gasteiger partial charge in [-0.3, -0.25) is 0 Å². The number of esters is 2. The van der Waals surface area contributed by atoms with E-state index >= 15 is 0 Å². The highest BCUT2D eigenvalue weighted by atomic mass is 35.5. The highest BCUT2D eigenvalue weighted by Gasteiger charge is 2.23. The molecule has 0 saturated heterocycles. The molecular weight excluding hydrogens is 372 g/mol. The highest BCUT2D eigenvalue weighted by Crippen LogP contribution is 2.25. The van der Waals surface area contributed by atoms with Crippen LogP contribution < -0.4 is 0 Å². The summed E-state index contributed by atoms with van der Waals surface area (Å²) in [5, 5.41) is 4.47. The van der Waals surface area contributed by atoms with Crippen LogP contribution in [0.2, 0.25) is 5.15 Å². The quantitative estimate of drug-likeness (QED) is 0.617. The molecule has 3 aromatic rings. The Labute approximate surface area is 160 Å². The first-order valence-corrected chi connectivity index (χ1v) is 8.45. The van der Waals surface area contributed by atoms with Crippen molar-refractivity contribution < 1.29 is 23.5 Å². The summed E-state index contributed by atoms with van der Waals surface area (Å²) < 4.78 is 16.8. The molecule has 0 bridgehead atoms. The molecule has 0 aliphatic heterocycles. The molecule has 0 atom stereocenters. The Balaban J connectivity index is 1.78. The zero-order chi connectivity index (χ0) is 19.6. The van der Waals surface area contributed by atoms with Gasteiger partial charge >= 0.3 is 11.9 Å². The summed E-state index contributed by atoms with van der Waals surface area (Å²) in [6.07, 6.45) is 0. The molecule has 0 amide bonds. The number of hydrogen-bond acceptors (Lipinski definition) is 6. The van der Waals surface area contributed by atoms with Crippen LogP contribution in [0.25, 0.3) is 5.69 Å². The maximum atomic E-state index is 12.5. The van der Waals surface area contributed by atoms with Crippen LogP contribution in [0.15, 0.2) is 40.8 Å². The van der Waals surface area contributed by atoms with Gasteiger partial charge in [0.2, 0.25) is 0 Å². The molecule has 8 heteroatoms. The molecule has 0 spiro atoms.